The largest absolute Gasteiger partial charge is 0.494 e. The summed E-state index contributed by atoms with van der Waals surface area (Å²) in [5.74, 6) is 1.30. The van der Waals surface area contributed by atoms with E-state index >= 15 is 0 Å². The summed E-state index contributed by atoms with van der Waals surface area (Å²) in [7, 11) is 0. The van der Waals surface area contributed by atoms with Crippen molar-refractivity contribution in [2.75, 3.05) is 6.61 Å². The van der Waals surface area contributed by atoms with Crippen molar-refractivity contribution in [3.05, 3.63) is 36.4 Å². The van der Waals surface area contributed by atoms with Crippen molar-refractivity contribution in [2.45, 2.75) is 6.92 Å². The van der Waals surface area contributed by atoms with E-state index < -0.39 is 0 Å². The van der Waals surface area contributed by atoms with Gasteiger partial charge < -0.3 is 9.57 Å². The smallest absolute Gasteiger partial charge is 0.157 e. The summed E-state index contributed by atoms with van der Waals surface area (Å²) in [6, 6.07) is 7.43. The van der Waals surface area contributed by atoms with Crippen molar-refractivity contribution in [2.24, 2.45) is 5.16 Å². The molecule has 0 aliphatic carbocycles. The van der Waals surface area contributed by atoms with Crippen LogP contribution in [-0.2, 0) is 4.84 Å². The minimum absolute atomic E-state index is 0.475. The fourth-order valence-electron chi connectivity index (χ4n) is 1.03. The zero-order valence-corrected chi connectivity index (χ0v) is 8.19. The molecule has 74 valence electrons. The summed E-state index contributed by atoms with van der Waals surface area (Å²) in [5, 5.41) is 3.29. The van der Waals surface area contributed by atoms with Crippen LogP contribution in [0.4, 0.5) is 0 Å². The lowest BCUT2D eigenvalue weighted by Crippen LogP contribution is -1.91. The third-order valence-electron chi connectivity index (χ3n) is 1.66. The van der Waals surface area contributed by atoms with Gasteiger partial charge in [0, 0.05) is 12.3 Å². The fourth-order valence-corrected chi connectivity index (χ4v) is 1.03. The Morgan fingerprint density at radius 2 is 2.00 bits per heavy atom. The van der Waals surface area contributed by atoms with Crippen LogP contribution in [0.5, 0.6) is 5.75 Å². The van der Waals surface area contributed by atoms with E-state index in [0.717, 1.165) is 11.3 Å². The molecule has 1 rings (SSSR count). The molecule has 0 fully saturated rings. The minimum Gasteiger partial charge on any atom is -0.494 e. The van der Waals surface area contributed by atoms with Crippen molar-refractivity contribution in [3.8, 4) is 5.75 Å². The molecule has 0 radical (unpaired) electrons. The average molecular weight is 191 g/mol. The van der Waals surface area contributed by atoms with Gasteiger partial charge in [0.25, 0.3) is 0 Å². The van der Waals surface area contributed by atoms with E-state index in [0.29, 0.717) is 12.4 Å². The Kier molecular flexibility index (Phi) is 3.73. The second-order valence-corrected chi connectivity index (χ2v) is 2.60. The molecule has 0 unspecified atom stereocenters. The van der Waals surface area contributed by atoms with Crippen LogP contribution in [0.1, 0.15) is 12.5 Å². The van der Waals surface area contributed by atoms with Crippen LogP contribution >= 0.6 is 0 Å². The molecule has 1 aromatic rings. The predicted octanol–water partition coefficient (Wildman–Crippen LogP) is 2.69. The zero-order chi connectivity index (χ0) is 10.4. The molecule has 0 saturated carbocycles. The molecule has 14 heavy (non-hydrogen) atoms. The lowest BCUT2D eigenvalue weighted by Gasteiger charge is -2.05. The van der Waals surface area contributed by atoms with Crippen LogP contribution in [0.25, 0.3) is 5.76 Å². The van der Waals surface area contributed by atoms with Crippen molar-refractivity contribution in [3.63, 3.8) is 0 Å². The Morgan fingerprint density at radius 1 is 1.36 bits per heavy atom. The van der Waals surface area contributed by atoms with E-state index in [-0.39, 0.29) is 0 Å². The summed E-state index contributed by atoms with van der Waals surface area (Å²) in [6.45, 7) is 9.51. The highest BCUT2D eigenvalue weighted by Crippen LogP contribution is 2.18. The molecule has 0 N–H and O–H groups in total. The predicted molar refractivity (Wildman–Crippen MR) is 57.3 cm³/mol. The first-order valence-corrected chi connectivity index (χ1v) is 4.33. The SMILES string of the molecule is C=NOC(=C)c1ccc(OCC)cc1. The first-order chi connectivity index (χ1) is 6.77. The Bertz CT molecular complexity index is 317. The van der Waals surface area contributed by atoms with Gasteiger partial charge in [-0.3, -0.25) is 0 Å². The number of hydrogen-bond acceptors (Lipinski definition) is 3. The van der Waals surface area contributed by atoms with Crippen LogP contribution in [-0.4, -0.2) is 13.3 Å². The van der Waals surface area contributed by atoms with E-state index in [1.54, 1.807) is 0 Å². The van der Waals surface area contributed by atoms with Gasteiger partial charge in [0.15, 0.2) is 5.76 Å². The first kappa shape index (κ1) is 10.3. The van der Waals surface area contributed by atoms with E-state index in [4.69, 9.17) is 9.57 Å². The van der Waals surface area contributed by atoms with Crippen molar-refractivity contribution in [1.82, 2.24) is 0 Å². The number of hydrogen-bond donors (Lipinski definition) is 0. The van der Waals surface area contributed by atoms with E-state index in [1.165, 1.54) is 0 Å². The highest BCUT2D eigenvalue weighted by atomic mass is 16.6. The van der Waals surface area contributed by atoms with Gasteiger partial charge in [-0.25, -0.2) is 0 Å². The van der Waals surface area contributed by atoms with Gasteiger partial charge in [-0.2, -0.15) is 0 Å². The molecule has 0 heterocycles. The highest BCUT2D eigenvalue weighted by Gasteiger charge is 1.99. The Hall–Kier alpha value is -1.77. The second-order valence-electron chi connectivity index (χ2n) is 2.60. The Balaban J connectivity index is 2.72. The van der Waals surface area contributed by atoms with E-state index in [9.17, 15) is 0 Å². The molecule has 3 nitrogen and oxygen atoms in total. The standard InChI is InChI=1S/C11H13NO2/c1-4-13-11-7-5-10(6-8-11)9(2)14-12-3/h5-8H,2-4H2,1H3. The minimum atomic E-state index is 0.475. The van der Waals surface area contributed by atoms with Crippen molar-refractivity contribution >= 4 is 12.5 Å². The van der Waals surface area contributed by atoms with Gasteiger partial charge in [0.1, 0.15) is 5.75 Å². The number of ether oxygens (including phenoxy) is 1. The van der Waals surface area contributed by atoms with Crippen LogP contribution in [0.15, 0.2) is 36.0 Å². The van der Waals surface area contributed by atoms with Crippen LogP contribution < -0.4 is 4.74 Å². The van der Waals surface area contributed by atoms with Gasteiger partial charge in [-0.15, -0.1) is 0 Å². The van der Waals surface area contributed by atoms with Crippen LogP contribution in [0.3, 0.4) is 0 Å². The summed E-state index contributed by atoms with van der Waals surface area (Å²) in [4.78, 5) is 4.81. The molecular formula is C11H13NO2. The van der Waals surface area contributed by atoms with Gasteiger partial charge in [0.05, 0.1) is 6.61 Å². The van der Waals surface area contributed by atoms with Crippen LogP contribution in [0.2, 0.25) is 0 Å². The number of nitrogens with zero attached hydrogens (tertiary/aromatic N) is 1. The van der Waals surface area contributed by atoms with Gasteiger partial charge in [0.2, 0.25) is 0 Å². The maximum absolute atomic E-state index is 5.29. The van der Waals surface area contributed by atoms with Crippen molar-refractivity contribution in [1.29, 1.82) is 0 Å². The van der Waals surface area contributed by atoms with Gasteiger partial charge in [-0.1, -0.05) is 11.7 Å². The quantitative estimate of drug-likeness (QED) is 0.407. The molecule has 0 atom stereocenters. The number of benzene rings is 1. The molecule has 1 aromatic carbocycles. The molecule has 0 aliphatic heterocycles. The molecule has 0 saturated heterocycles. The fraction of sp³-hybridized carbons (Fsp3) is 0.182. The topological polar surface area (TPSA) is 30.8 Å². The van der Waals surface area contributed by atoms with Gasteiger partial charge in [-0.05, 0) is 31.2 Å². The molecule has 0 spiro atoms. The number of oxime groups is 1. The van der Waals surface area contributed by atoms with Gasteiger partial charge >= 0.3 is 0 Å². The molecule has 3 heteroatoms. The average Bonchev–Trinajstić information content (AvgIpc) is 2.20. The molecular weight excluding hydrogens is 178 g/mol. The third kappa shape index (κ3) is 2.62. The maximum atomic E-state index is 5.29. The lowest BCUT2D eigenvalue weighted by molar-refractivity contribution is 0.303. The zero-order valence-electron chi connectivity index (χ0n) is 8.19. The third-order valence-corrected chi connectivity index (χ3v) is 1.66. The highest BCUT2D eigenvalue weighted by molar-refractivity contribution is 5.58. The second kappa shape index (κ2) is 5.07. The normalized spacial score (nSPS) is 9.21. The molecule has 0 aliphatic rings. The summed E-state index contributed by atoms with van der Waals surface area (Å²) < 4.78 is 5.29. The monoisotopic (exact) mass is 191 g/mol. The summed E-state index contributed by atoms with van der Waals surface area (Å²) in [6.07, 6.45) is 0. The van der Waals surface area contributed by atoms with E-state index in [1.807, 2.05) is 31.2 Å². The Morgan fingerprint density at radius 3 is 2.50 bits per heavy atom. The maximum Gasteiger partial charge on any atom is 0.157 e. The number of rotatable bonds is 5. The summed E-state index contributed by atoms with van der Waals surface area (Å²) >= 11 is 0. The summed E-state index contributed by atoms with van der Waals surface area (Å²) in [5.41, 5.74) is 0.862. The Labute approximate surface area is 83.6 Å². The molecule has 0 aromatic heterocycles. The first-order valence-electron chi connectivity index (χ1n) is 4.33. The van der Waals surface area contributed by atoms with Crippen molar-refractivity contribution < 1.29 is 9.57 Å². The van der Waals surface area contributed by atoms with E-state index in [2.05, 4.69) is 18.5 Å². The lowest BCUT2D eigenvalue weighted by atomic mass is 10.2. The van der Waals surface area contributed by atoms with Crippen LogP contribution in [0, 0.1) is 0 Å². The molecule has 0 bridgehead atoms. The molecule has 0 amide bonds.